The second-order valence-electron chi connectivity index (χ2n) is 6.04. The molecule has 1 amide bonds. The fraction of sp³-hybridized carbons (Fsp3) is 0.375. The molecule has 8 nitrogen and oxygen atoms in total. The third kappa shape index (κ3) is 3.63. The number of carboxylic acid groups (broad SMARTS) is 1. The molecule has 0 aliphatic heterocycles. The van der Waals surface area contributed by atoms with E-state index in [4.69, 9.17) is 0 Å². The highest BCUT2D eigenvalue weighted by Crippen LogP contribution is 2.21. The van der Waals surface area contributed by atoms with Gasteiger partial charge in [0.1, 0.15) is 11.3 Å². The number of alkyl halides is 2. The van der Waals surface area contributed by atoms with Gasteiger partial charge in [0.2, 0.25) is 0 Å². The first kappa shape index (κ1) is 19.3. The summed E-state index contributed by atoms with van der Waals surface area (Å²) in [6.45, 7) is 1.47. The summed E-state index contributed by atoms with van der Waals surface area (Å²) in [5, 5.41) is 17.0. The molecule has 2 aromatic rings. The van der Waals surface area contributed by atoms with Gasteiger partial charge in [0.05, 0.1) is 11.4 Å². The molecule has 0 aliphatic rings. The highest BCUT2D eigenvalue weighted by molar-refractivity contribution is 5.96. The molecule has 1 aromatic carbocycles. The molecule has 0 unspecified atom stereocenters. The Morgan fingerprint density at radius 1 is 1.27 bits per heavy atom. The quantitative estimate of drug-likeness (QED) is 0.839. The van der Waals surface area contributed by atoms with Crippen molar-refractivity contribution in [3.8, 4) is 11.4 Å². The minimum Gasteiger partial charge on any atom is -0.480 e. The number of carbonyl (C=O) groups is 2. The molecule has 0 saturated carbocycles. The van der Waals surface area contributed by atoms with Gasteiger partial charge in [-0.1, -0.05) is 5.21 Å². The van der Waals surface area contributed by atoms with Crippen LogP contribution in [0.3, 0.4) is 0 Å². The maximum atomic E-state index is 12.6. The standard InChI is InChI=1S/C16H18F2N4O4/c1-9-12(13(23)21(4)16(2,3)14(24)25)19-20-22(9)10-5-7-11(8-6-10)26-15(17)18/h5-8,15H,1-4H3,(H,24,25). The minimum absolute atomic E-state index is 0.00488. The summed E-state index contributed by atoms with van der Waals surface area (Å²) in [7, 11) is 1.37. The molecule has 0 bridgehead atoms. The van der Waals surface area contributed by atoms with E-state index in [1.54, 1.807) is 6.92 Å². The fourth-order valence-electron chi connectivity index (χ4n) is 2.10. The lowest BCUT2D eigenvalue weighted by molar-refractivity contribution is -0.147. The van der Waals surface area contributed by atoms with E-state index in [9.17, 15) is 23.5 Å². The smallest absolute Gasteiger partial charge is 0.387 e. The van der Waals surface area contributed by atoms with Crippen molar-refractivity contribution < 1.29 is 28.2 Å². The zero-order chi connectivity index (χ0) is 19.6. The van der Waals surface area contributed by atoms with E-state index in [1.807, 2.05) is 0 Å². The first-order valence-corrected chi connectivity index (χ1v) is 7.54. The largest absolute Gasteiger partial charge is 0.480 e. The molecule has 0 atom stereocenters. The van der Waals surface area contributed by atoms with Gasteiger partial charge in [-0.3, -0.25) is 4.79 Å². The van der Waals surface area contributed by atoms with Crippen molar-refractivity contribution in [1.29, 1.82) is 0 Å². The molecule has 0 saturated heterocycles. The first-order chi connectivity index (χ1) is 12.1. The molecule has 10 heteroatoms. The van der Waals surface area contributed by atoms with Gasteiger partial charge < -0.3 is 14.7 Å². The zero-order valence-electron chi connectivity index (χ0n) is 14.6. The van der Waals surface area contributed by atoms with Crippen LogP contribution in [0.5, 0.6) is 5.75 Å². The van der Waals surface area contributed by atoms with Crippen molar-refractivity contribution in [2.45, 2.75) is 32.9 Å². The lowest BCUT2D eigenvalue weighted by atomic mass is 10.0. The van der Waals surface area contributed by atoms with Crippen LogP contribution in [0.1, 0.15) is 30.0 Å². The number of ether oxygens (including phenoxy) is 1. The highest BCUT2D eigenvalue weighted by atomic mass is 19.3. The van der Waals surface area contributed by atoms with Gasteiger partial charge in [-0.05, 0) is 45.0 Å². The lowest BCUT2D eigenvalue weighted by Gasteiger charge is -2.30. The van der Waals surface area contributed by atoms with E-state index in [-0.39, 0.29) is 11.4 Å². The molecule has 26 heavy (non-hydrogen) atoms. The zero-order valence-corrected chi connectivity index (χ0v) is 14.6. The molecule has 1 heterocycles. The maximum Gasteiger partial charge on any atom is 0.387 e. The average molecular weight is 368 g/mol. The van der Waals surface area contributed by atoms with E-state index < -0.39 is 24.0 Å². The van der Waals surface area contributed by atoms with Crippen LogP contribution in [-0.4, -0.2) is 56.1 Å². The highest BCUT2D eigenvalue weighted by Gasteiger charge is 2.37. The number of halogens is 2. The summed E-state index contributed by atoms with van der Waals surface area (Å²) >= 11 is 0. The van der Waals surface area contributed by atoms with Crippen molar-refractivity contribution in [1.82, 2.24) is 19.9 Å². The van der Waals surface area contributed by atoms with Gasteiger partial charge in [-0.15, -0.1) is 5.10 Å². The Morgan fingerprint density at radius 3 is 2.35 bits per heavy atom. The average Bonchev–Trinajstić information content (AvgIpc) is 2.95. The molecule has 0 fully saturated rings. The number of rotatable bonds is 6. The van der Waals surface area contributed by atoms with Gasteiger partial charge in [-0.2, -0.15) is 8.78 Å². The number of hydrogen-bond acceptors (Lipinski definition) is 5. The fourth-order valence-corrected chi connectivity index (χ4v) is 2.10. The van der Waals surface area contributed by atoms with Crippen LogP contribution in [0.25, 0.3) is 5.69 Å². The van der Waals surface area contributed by atoms with Gasteiger partial charge >= 0.3 is 12.6 Å². The summed E-state index contributed by atoms with van der Waals surface area (Å²) in [5.74, 6) is -1.77. The van der Waals surface area contributed by atoms with Crippen molar-refractivity contribution in [3.05, 3.63) is 35.7 Å². The topological polar surface area (TPSA) is 97.5 Å². The van der Waals surface area contributed by atoms with Crippen molar-refractivity contribution in [2.75, 3.05) is 7.05 Å². The SMILES string of the molecule is Cc1c(C(=O)N(C)C(C)(C)C(=O)O)nnn1-c1ccc(OC(F)F)cc1. The van der Waals surface area contributed by atoms with E-state index in [2.05, 4.69) is 15.0 Å². The molecule has 0 radical (unpaired) electrons. The molecule has 0 aliphatic carbocycles. The number of carboxylic acids is 1. The number of carbonyl (C=O) groups excluding carboxylic acids is 1. The third-order valence-electron chi connectivity index (χ3n) is 4.07. The number of aliphatic carboxylic acids is 1. The number of hydrogen-bond donors (Lipinski definition) is 1. The first-order valence-electron chi connectivity index (χ1n) is 7.54. The summed E-state index contributed by atoms with van der Waals surface area (Å²) in [6, 6.07) is 5.64. The number of nitrogens with zero attached hydrogens (tertiary/aromatic N) is 4. The number of aromatic nitrogens is 3. The van der Waals surface area contributed by atoms with Crippen molar-refractivity contribution in [2.24, 2.45) is 0 Å². The number of likely N-dealkylation sites (N-methyl/N-ethyl adjacent to an activating group) is 1. The monoisotopic (exact) mass is 368 g/mol. The van der Waals surface area contributed by atoms with Crippen molar-refractivity contribution >= 4 is 11.9 Å². The van der Waals surface area contributed by atoms with Gasteiger partial charge in [0, 0.05) is 7.05 Å². The molecule has 140 valence electrons. The second-order valence-corrected chi connectivity index (χ2v) is 6.04. The molecule has 1 aromatic heterocycles. The minimum atomic E-state index is -2.92. The van der Waals surface area contributed by atoms with Crippen LogP contribution < -0.4 is 4.74 Å². The number of amides is 1. The second kappa shape index (κ2) is 7.06. The Morgan fingerprint density at radius 2 is 1.85 bits per heavy atom. The molecular formula is C16H18F2N4O4. The Hall–Kier alpha value is -3.04. The maximum absolute atomic E-state index is 12.6. The van der Waals surface area contributed by atoms with Crippen LogP contribution in [0.15, 0.2) is 24.3 Å². The Kier molecular flexibility index (Phi) is 5.24. The summed E-state index contributed by atoms with van der Waals surface area (Å²) < 4.78 is 30.0. The molecule has 1 N–H and O–H groups in total. The van der Waals surface area contributed by atoms with Crippen LogP contribution in [0.2, 0.25) is 0 Å². The van der Waals surface area contributed by atoms with E-state index in [0.717, 1.165) is 4.90 Å². The Balaban J connectivity index is 2.30. The Bertz CT molecular complexity index is 818. The van der Waals surface area contributed by atoms with E-state index in [1.165, 1.54) is 49.8 Å². The third-order valence-corrected chi connectivity index (χ3v) is 4.07. The van der Waals surface area contributed by atoms with Gasteiger partial charge in [-0.25, -0.2) is 9.48 Å². The van der Waals surface area contributed by atoms with Gasteiger partial charge in [0.15, 0.2) is 5.69 Å². The Labute approximate surface area is 148 Å². The predicted molar refractivity (Wildman–Crippen MR) is 86.5 cm³/mol. The molecular weight excluding hydrogens is 350 g/mol. The van der Waals surface area contributed by atoms with E-state index in [0.29, 0.717) is 11.4 Å². The van der Waals surface area contributed by atoms with Crippen LogP contribution in [0.4, 0.5) is 8.78 Å². The van der Waals surface area contributed by atoms with Crippen LogP contribution in [-0.2, 0) is 4.79 Å². The molecule has 2 rings (SSSR count). The van der Waals surface area contributed by atoms with E-state index >= 15 is 0 Å². The summed E-state index contributed by atoms with van der Waals surface area (Å²) in [4.78, 5) is 25.0. The number of benzene rings is 1. The lowest BCUT2D eigenvalue weighted by Crippen LogP contribution is -2.51. The van der Waals surface area contributed by atoms with Gasteiger partial charge in [0.25, 0.3) is 5.91 Å². The van der Waals surface area contributed by atoms with Crippen molar-refractivity contribution in [3.63, 3.8) is 0 Å². The summed E-state index contributed by atoms with van der Waals surface area (Å²) in [6.07, 6.45) is 0. The summed E-state index contributed by atoms with van der Waals surface area (Å²) in [5.41, 5.74) is -0.571. The van der Waals surface area contributed by atoms with Crippen LogP contribution in [0, 0.1) is 6.92 Å². The van der Waals surface area contributed by atoms with Crippen LogP contribution >= 0.6 is 0 Å². The molecule has 0 spiro atoms. The predicted octanol–water partition coefficient (Wildman–Crippen LogP) is 2.11. The normalized spacial score (nSPS) is 11.5.